The minimum atomic E-state index is -0.104. The van der Waals surface area contributed by atoms with Crippen LogP contribution in [-0.2, 0) is 5.41 Å². The predicted molar refractivity (Wildman–Crippen MR) is 632 cm³/mol. The summed E-state index contributed by atoms with van der Waals surface area (Å²) in [4.78, 5) is 7.14. The Hall–Kier alpha value is -19.4. The van der Waals surface area contributed by atoms with Crippen molar-refractivity contribution in [3.63, 3.8) is 0 Å². The molecule has 6 heteroatoms. The molecule has 0 atom stereocenters. The monoisotopic (exact) mass is 1900 g/mol. The Balaban J connectivity index is 0.000000113. The van der Waals surface area contributed by atoms with E-state index in [2.05, 4.69) is 625 Å². The number of hydrogen-bond donors (Lipinski definition) is 0. The molecule has 0 unspecified atom stereocenters. The summed E-state index contributed by atoms with van der Waals surface area (Å²) in [5.74, 6) is 0. The molecule has 27 aromatic rings. The minimum Gasteiger partial charge on any atom is -0.311 e. The van der Waals surface area contributed by atoms with Crippen LogP contribution in [0.1, 0.15) is 25.0 Å². The van der Waals surface area contributed by atoms with Gasteiger partial charge >= 0.3 is 0 Å². The van der Waals surface area contributed by atoms with Crippen molar-refractivity contribution in [3.05, 3.63) is 593 Å². The lowest BCUT2D eigenvalue weighted by Crippen LogP contribution is -2.16. The number of rotatable bonds is 18. The van der Waals surface area contributed by atoms with Gasteiger partial charge in [-0.2, -0.15) is 0 Å². The molecule has 0 aliphatic heterocycles. The zero-order valence-corrected chi connectivity index (χ0v) is 82.6. The van der Waals surface area contributed by atoms with E-state index in [-0.39, 0.29) is 5.41 Å². The SMILES string of the molecule is CC1(C)c2ccccc2-c2ccc(N(c3ccc(-c4ccccc4)cc3)c3ccc4c5ccccc5n(-c5ccc(-c6ccccc6)cc5)c4c3)cc21.c1ccc(-c2ccc(N(c3ccc(-n4c5ccccc5c5ccccc54)cc3)c3ccccc3-c3ccccc3)cc2)cc1.c1ccc2cc(-c3ccc(N(c4ccc(-c5ccc6ccccc6c5)cc4)c4ccc(-n5c6ccccc6c6ccccc65)cc4)cc3)ccc2c1. The Morgan fingerprint density at radius 1 is 0.148 bits per heavy atom. The summed E-state index contributed by atoms with van der Waals surface area (Å²) in [6.45, 7) is 4.71. The molecule has 3 heterocycles. The second-order valence-electron chi connectivity index (χ2n) is 39.1. The van der Waals surface area contributed by atoms with E-state index >= 15 is 0 Å². The highest BCUT2D eigenvalue weighted by Gasteiger charge is 2.36. The molecular formula is C143H102N6. The molecule has 0 radical (unpaired) electrons. The highest BCUT2D eigenvalue weighted by atomic mass is 15.2. The fraction of sp³-hybridized carbons (Fsp3) is 0.0210. The molecule has 0 spiro atoms. The van der Waals surface area contributed by atoms with Gasteiger partial charge in [0.25, 0.3) is 0 Å². The average molecular weight is 1900 g/mol. The molecule has 149 heavy (non-hydrogen) atoms. The highest BCUT2D eigenvalue weighted by Crippen LogP contribution is 2.53. The second-order valence-corrected chi connectivity index (χ2v) is 39.1. The van der Waals surface area contributed by atoms with Crippen LogP contribution in [0.15, 0.2) is 582 Å². The lowest BCUT2D eigenvalue weighted by Gasteiger charge is -2.28. The lowest BCUT2D eigenvalue weighted by molar-refractivity contribution is 0.660. The number of benzene rings is 24. The van der Waals surface area contributed by atoms with Crippen LogP contribution in [0.5, 0.6) is 0 Å². The molecule has 0 saturated carbocycles. The standard InChI is InChI=1S/C51H38N2.C50H34N2.C42H30N2/c1-51(2)47-19-11-9-17-43(47)44-31-29-41(33-48(44)51)52(39-25-21-37(22-26-39)35-13-5-3-6-14-35)42-30-32-46-45-18-10-12-20-49(45)53(50(46)34-42)40-27-23-38(24-28-40)36-15-7-4-8-16-36;1-3-11-39-33-41(19-17-35(39)9-1)37-21-25-43(26-22-37)51(44-27-23-38(24-28-44)42-20-18-36-10-2-4-12-40(36)34-42)45-29-31-46(32-30-45)52-49-15-7-5-13-47(49)48-14-6-8-16-50(48)52;1-3-13-31(14-4-1)32-23-25-34(26-24-32)43(40-20-10-7-17-37(40)33-15-5-2-6-16-33)35-27-29-36(30-28-35)44-41-21-11-8-18-38(41)39-19-9-12-22-42(39)44/h3-34H,1-2H3;1-34H;1-30H. The molecule has 0 fully saturated rings. The van der Waals surface area contributed by atoms with Gasteiger partial charge in [-0.3, -0.25) is 0 Å². The number of nitrogens with zero attached hydrogens (tertiary/aromatic N) is 6. The topological polar surface area (TPSA) is 24.5 Å². The van der Waals surface area contributed by atoms with Crippen LogP contribution in [-0.4, -0.2) is 13.7 Å². The fourth-order valence-corrected chi connectivity index (χ4v) is 22.6. The van der Waals surface area contributed by atoms with E-state index in [9.17, 15) is 0 Å². The Morgan fingerprint density at radius 3 is 0.812 bits per heavy atom. The molecule has 704 valence electrons. The van der Waals surface area contributed by atoms with E-state index in [0.717, 1.165) is 68.2 Å². The fourth-order valence-electron chi connectivity index (χ4n) is 22.6. The van der Waals surface area contributed by atoms with E-state index in [1.165, 1.54) is 176 Å². The Labute approximate surface area is 868 Å². The van der Waals surface area contributed by atoms with Crippen LogP contribution in [0, 0.1) is 0 Å². The van der Waals surface area contributed by atoms with Crippen molar-refractivity contribution in [1.29, 1.82) is 0 Å². The first-order valence-corrected chi connectivity index (χ1v) is 51.3. The number of anilines is 9. The molecule has 24 aromatic carbocycles. The van der Waals surface area contributed by atoms with Crippen LogP contribution >= 0.6 is 0 Å². The van der Waals surface area contributed by atoms with Crippen molar-refractivity contribution >= 4 is 138 Å². The van der Waals surface area contributed by atoms with Gasteiger partial charge in [0.15, 0.2) is 0 Å². The van der Waals surface area contributed by atoms with Gasteiger partial charge in [0.05, 0.1) is 38.8 Å². The average Bonchev–Trinajstić information content (AvgIpc) is 1.57. The van der Waals surface area contributed by atoms with Gasteiger partial charge in [0, 0.05) is 106 Å². The molecule has 0 saturated heterocycles. The van der Waals surface area contributed by atoms with E-state index in [0.29, 0.717) is 0 Å². The zero-order chi connectivity index (χ0) is 99.2. The highest BCUT2D eigenvalue weighted by molar-refractivity contribution is 6.13. The van der Waals surface area contributed by atoms with Gasteiger partial charge < -0.3 is 28.4 Å². The van der Waals surface area contributed by atoms with Crippen molar-refractivity contribution in [2.45, 2.75) is 19.3 Å². The third-order valence-corrected chi connectivity index (χ3v) is 30.0. The quantitative estimate of drug-likeness (QED) is 0.0856. The van der Waals surface area contributed by atoms with Crippen LogP contribution in [0.2, 0.25) is 0 Å². The Morgan fingerprint density at radius 2 is 0.403 bits per heavy atom. The van der Waals surface area contributed by atoms with E-state index in [1.807, 2.05) is 0 Å². The van der Waals surface area contributed by atoms with E-state index < -0.39 is 0 Å². The van der Waals surface area contributed by atoms with E-state index in [1.54, 1.807) is 0 Å². The molecule has 28 rings (SSSR count). The molecule has 3 aromatic heterocycles. The molecule has 0 N–H and O–H groups in total. The third kappa shape index (κ3) is 16.9. The van der Waals surface area contributed by atoms with Gasteiger partial charge in [-0.05, 0) is 287 Å². The molecule has 6 nitrogen and oxygen atoms in total. The van der Waals surface area contributed by atoms with Gasteiger partial charge in [-0.1, -0.05) is 414 Å². The summed E-state index contributed by atoms with van der Waals surface area (Å²) in [7, 11) is 0. The summed E-state index contributed by atoms with van der Waals surface area (Å²) in [6.07, 6.45) is 0. The first-order valence-electron chi connectivity index (χ1n) is 51.3. The molecule has 0 amide bonds. The number of hydrogen-bond acceptors (Lipinski definition) is 3. The van der Waals surface area contributed by atoms with Crippen molar-refractivity contribution in [2.24, 2.45) is 0 Å². The van der Waals surface area contributed by atoms with Crippen LogP contribution < -0.4 is 14.7 Å². The maximum absolute atomic E-state index is 2.42. The summed E-state index contributed by atoms with van der Waals surface area (Å²) >= 11 is 0. The minimum absolute atomic E-state index is 0.104. The number of para-hydroxylation sites is 6. The van der Waals surface area contributed by atoms with E-state index in [4.69, 9.17) is 0 Å². The van der Waals surface area contributed by atoms with Crippen molar-refractivity contribution in [1.82, 2.24) is 13.7 Å². The first kappa shape index (κ1) is 89.7. The zero-order valence-electron chi connectivity index (χ0n) is 82.6. The van der Waals surface area contributed by atoms with Crippen molar-refractivity contribution in [2.75, 3.05) is 14.7 Å². The van der Waals surface area contributed by atoms with Crippen LogP contribution in [0.25, 0.3) is 182 Å². The Kier molecular flexibility index (Phi) is 23.3. The molecular weight excluding hydrogens is 1800 g/mol. The summed E-state index contributed by atoms with van der Waals surface area (Å²) in [6, 6.07) is 211. The molecule has 1 aliphatic carbocycles. The third-order valence-electron chi connectivity index (χ3n) is 30.0. The Bertz CT molecular complexity index is 9380. The maximum Gasteiger partial charge on any atom is 0.0561 e. The van der Waals surface area contributed by atoms with Gasteiger partial charge in [0.1, 0.15) is 0 Å². The molecule has 1 aliphatic rings. The number of aromatic nitrogens is 3. The van der Waals surface area contributed by atoms with Crippen LogP contribution in [0.4, 0.5) is 51.2 Å². The van der Waals surface area contributed by atoms with Gasteiger partial charge in [-0.25, -0.2) is 0 Å². The smallest absolute Gasteiger partial charge is 0.0561 e. The van der Waals surface area contributed by atoms with Gasteiger partial charge in [-0.15, -0.1) is 0 Å². The molecule has 0 bridgehead atoms. The number of fused-ring (bicyclic) bond motifs is 14. The van der Waals surface area contributed by atoms with Crippen LogP contribution in [0.3, 0.4) is 0 Å². The predicted octanol–water partition coefficient (Wildman–Crippen LogP) is 39.4. The lowest BCUT2D eigenvalue weighted by atomic mass is 9.82. The van der Waals surface area contributed by atoms with Gasteiger partial charge in [0.2, 0.25) is 0 Å². The normalized spacial score (nSPS) is 11.9. The van der Waals surface area contributed by atoms with Crippen molar-refractivity contribution < 1.29 is 0 Å². The van der Waals surface area contributed by atoms with Crippen molar-refractivity contribution in [3.8, 4) is 95.0 Å². The second kappa shape index (κ2) is 38.7. The summed E-state index contributed by atoms with van der Waals surface area (Å²) < 4.78 is 7.16. The summed E-state index contributed by atoms with van der Waals surface area (Å²) in [5, 5.41) is 12.6. The maximum atomic E-state index is 2.42. The summed E-state index contributed by atoms with van der Waals surface area (Å²) in [5.41, 5.74) is 40.4. The largest absolute Gasteiger partial charge is 0.311 e. The first-order chi connectivity index (χ1) is 73.7.